The number of hydrogen-bond donors (Lipinski definition) is 2. The van der Waals surface area contributed by atoms with Crippen LogP contribution in [-0.4, -0.2) is 17.8 Å². The third-order valence-corrected chi connectivity index (χ3v) is 2.32. The van der Waals surface area contributed by atoms with Gasteiger partial charge in [-0.15, -0.1) is 0 Å². The second-order valence-electron chi connectivity index (χ2n) is 3.70. The predicted octanol–water partition coefficient (Wildman–Crippen LogP) is 2.05. The molecule has 0 saturated carbocycles. The van der Waals surface area contributed by atoms with Gasteiger partial charge < -0.3 is 10.4 Å². The molecule has 0 aliphatic carbocycles. The Hall–Kier alpha value is -1.53. The van der Waals surface area contributed by atoms with Gasteiger partial charge in [-0.1, -0.05) is 0 Å². The lowest BCUT2D eigenvalue weighted by Gasteiger charge is -2.14. The molecule has 0 aromatic heterocycles. The fourth-order valence-corrected chi connectivity index (χ4v) is 1.43. The second kappa shape index (κ2) is 5.38. The molecule has 0 fully saturated rings. The number of aliphatic hydroxyl groups is 1. The fraction of sp³-hybridized carbons (Fsp3) is 0.417. The van der Waals surface area contributed by atoms with Gasteiger partial charge in [0.25, 0.3) is 0 Å². The van der Waals surface area contributed by atoms with Crippen LogP contribution in [0.3, 0.4) is 0 Å². The van der Waals surface area contributed by atoms with E-state index in [4.69, 9.17) is 10.4 Å². The van der Waals surface area contributed by atoms with Crippen molar-refractivity contribution in [1.82, 2.24) is 0 Å². The summed E-state index contributed by atoms with van der Waals surface area (Å²) in [5.74, 6) is 0. The number of aliphatic hydroxyl groups excluding tert-OH is 1. The van der Waals surface area contributed by atoms with Crippen LogP contribution in [0.25, 0.3) is 0 Å². The van der Waals surface area contributed by atoms with E-state index in [2.05, 4.69) is 11.4 Å². The van der Waals surface area contributed by atoms with E-state index in [1.165, 1.54) is 0 Å². The van der Waals surface area contributed by atoms with Gasteiger partial charge in [0.05, 0.1) is 11.6 Å². The number of aryl methyl sites for hydroxylation is 1. The second-order valence-corrected chi connectivity index (χ2v) is 3.70. The third-order valence-electron chi connectivity index (χ3n) is 2.32. The maximum Gasteiger partial charge on any atom is 0.0994 e. The van der Waals surface area contributed by atoms with Crippen LogP contribution in [-0.2, 0) is 0 Å². The number of nitriles is 1. The average molecular weight is 204 g/mol. The Morgan fingerprint density at radius 2 is 2.27 bits per heavy atom. The largest absolute Gasteiger partial charge is 0.396 e. The van der Waals surface area contributed by atoms with Crippen molar-refractivity contribution >= 4 is 5.69 Å². The van der Waals surface area contributed by atoms with Crippen molar-refractivity contribution in [2.45, 2.75) is 26.3 Å². The number of nitrogens with zero attached hydrogens (tertiary/aromatic N) is 1. The quantitative estimate of drug-likeness (QED) is 0.789. The van der Waals surface area contributed by atoms with Gasteiger partial charge >= 0.3 is 0 Å². The van der Waals surface area contributed by atoms with E-state index in [1.807, 2.05) is 32.0 Å². The van der Waals surface area contributed by atoms with E-state index in [9.17, 15) is 0 Å². The molecule has 0 aliphatic heterocycles. The summed E-state index contributed by atoms with van der Waals surface area (Å²) in [4.78, 5) is 0. The zero-order valence-electron chi connectivity index (χ0n) is 9.12. The SMILES string of the molecule is Cc1cc(NC(C)CCO)ccc1C#N. The summed E-state index contributed by atoms with van der Waals surface area (Å²) < 4.78 is 0. The monoisotopic (exact) mass is 204 g/mol. The molecule has 1 unspecified atom stereocenters. The first-order valence-corrected chi connectivity index (χ1v) is 5.05. The minimum absolute atomic E-state index is 0.184. The number of anilines is 1. The van der Waals surface area contributed by atoms with E-state index >= 15 is 0 Å². The molecule has 0 amide bonds. The van der Waals surface area contributed by atoms with E-state index in [-0.39, 0.29) is 12.6 Å². The molecular weight excluding hydrogens is 188 g/mol. The predicted molar refractivity (Wildman–Crippen MR) is 60.7 cm³/mol. The Kier molecular flexibility index (Phi) is 4.14. The van der Waals surface area contributed by atoms with E-state index in [0.29, 0.717) is 5.56 Å². The molecule has 0 aliphatic rings. The Morgan fingerprint density at radius 3 is 2.80 bits per heavy atom. The summed E-state index contributed by atoms with van der Waals surface area (Å²) in [5.41, 5.74) is 2.67. The van der Waals surface area contributed by atoms with Crippen LogP contribution >= 0.6 is 0 Å². The van der Waals surface area contributed by atoms with Crippen molar-refractivity contribution in [3.8, 4) is 6.07 Å². The molecule has 3 heteroatoms. The summed E-state index contributed by atoms with van der Waals surface area (Å²) in [7, 11) is 0. The highest BCUT2D eigenvalue weighted by Gasteiger charge is 2.02. The molecular formula is C12H16N2O. The smallest absolute Gasteiger partial charge is 0.0994 e. The molecule has 15 heavy (non-hydrogen) atoms. The van der Waals surface area contributed by atoms with Crippen molar-refractivity contribution in [2.24, 2.45) is 0 Å². The summed E-state index contributed by atoms with van der Waals surface area (Å²) in [6.45, 7) is 4.12. The van der Waals surface area contributed by atoms with Gasteiger partial charge in [-0.3, -0.25) is 0 Å². The van der Waals surface area contributed by atoms with E-state index in [0.717, 1.165) is 17.7 Å². The molecule has 80 valence electrons. The van der Waals surface area contributed by atoms with Gasteiger partial charge in [0, 0.05) is 18.3 Å². The van der Waals surface area contributed by atoms with Crippen molar-refractivity contribution in [3.05, 3.63) is 29.3 Å². The minimum atomic E-state index is 0.184. The minimum Gasteiger partial charge on any atom is -0.396 e. The number of benzene rings is 1. The summed E-state index contributed by atoms with van der Waals surface area (Å²) in [5, 5.41) is 20.8. The van der Waals surface area contributed by atoms with Gasteiger partial charge in [-0.2, -0.15) is 5.26 Å². The average Bonchev–Trinajstić information content (AvgIpc) is 2.18. The highest BCUT2D eigenvalue weighted by atomic mass is 16.3. The number of rotatable bonds is 4. The molecule has 3 nitrogen and oxygen atoms in total. The molecule has 0 spiro atoms. The zero-order chi connectivity index (χ0) is 11.3. The standard InChI is InChI=1S/C12H16N2O/c1-9-7-12(4-3-11(9)8-13)14-10(2)5-6-15/h3-4,7,10,14-15H,5-6H2,1-2H3. The van der Waals surface area contributed by atoms with Crippen molar-refractivity contribution in [2.75, 3.05) is 11.9 Å². The first-order valence-electron chi connectivity index (χ1n) is 5.05. The molecule has 1 rings (SSSR count). The first-order chi connectivity index (χ1) is 7.17. The van der Waals surface area contributed by atoms with Crippen molar-refractivity contribution in [1.29, 1.82) is 5.26 Å². The molecule has 0 saturated heterocycles. The van der Waals surface area contributed by atoms with Crippen LogP contribution in [0.5, 0.6) is 0 Å². The van der Waals surface area contributed by atoms with Crippen molar-refractivity contribution < 1.29 is 5.11 Å². The molecule has 1 aromatic rings. The van der Waals surface area contributed by atoms with E-state index in [1.54, 1.807) is 0 Å². The number of hydrogen-bond acceptors (Lipinski definition) is 3. The summed E-state index contributed by atoms with van der Waals surface area (Å²) in [6, 6.07) is 8.02. The summed E-state index contributed by atoms with van der Waals surface area (Å²) in [6.07, 6.45) is 0.721. The van der Waals surface area contributed by atoms with Gasteiger partial charge in [-0.25, -0.2) is 0 Å². The lowest BCUT2D eigenvalue weighted by Crippen LogP contribution is -2.16. The maximum atomic E-state index is 8.77. The normalized spacial score (nSPS) is 11.9. The van der Waals surface area contributed by atoms with Gasteiger partial charge in [-0.05, 0) is 44.0 Å². The number of nitrogens with one attached hydrogen (secondary N) is 1. The first kappa shape index (κ1) is 11.5. The van der Waals surface area contributed by atoms with Crippen LogP contribution < -0.4 is 5.32 Å². The molecule has 0 bridgehead atoms. The van der Waals surface area contributed by atoms with Crippen LogP contribution in [0.4, 0.5) is 5.69 Å². The highest BCUT2D eigenvalue weighted by molar-refractivity contribution is 5.51. The Bertz CT molecular complexity index is 368. The lowest BCUT2D eigenvalue weighted by molar-refractivity contribution is 0.282. The van der Waals surface area contributed by atoms with Gasteiger partial charge in [0.1, 0.15) is 0 Å². The Balaban J connectivity index is 2.72. The Morgan fingerprint density at radius 1 is 1.53 bits per heavy atom. The molecule has 1 atom stereocenters. The van der Waals surface area contributed by atoms with Crippen LogP contribution in [0.1, 0.15) is 24.5 Å². The van der Waals surface area contributed by atoms with Crippen molar-refractivity contribution in [3.63, 3.8) is 0 Å². The maximum absolute atomic E-state index is 8.77. The Labute approximate surface area is 90.4 Å². The fourth-order valence-electron chi connectivity index (χ4n) is 1.43. The topological polar surface area (TPSA) is 56.0 Å². The van der Waals surface area contributed by atoms with Crippen LogP contribution in [0, 0.1) is 18.3 Å². The highest BCUT2D eigenvalue weighted by Crippen LogP contribution is 2.15. The molecule has 0 radical (unpaired) electrons. The molecule has 0 heterocycles. The lowest BCUT2D eigenvalue weighted by atomic mass is 10.1. The van der Waals surface area contributed by atoms with Crippen LogP contribution in [0.2, 0.25) is 0 Å². The zero-order valence-corrected chi connectivity index (χ0v) is 9.12. The van der Waals surface area contributed by atoms with E-state index < -0.39 is 0 Å². The summed E-state index contributed by atoms with van der Waals surface area (Å²) >= 11 is 0. The van der Waals surface area contributed by atoms with Crippen LogP contribution in [0.15, 0.2) is 18.2 Å². The molecule has 1 aromatic carbocycles. The van der Waals surface area contributed by atoms with Gasteiger partial charge in [0.15, 0.2) is 0 Å². The molecule has 2 N–H and O–H groups in total. The third kappa shape index (κ3) is 3.26. The van der Waals surface area contributed by atoms with Gasteiger partial charge in [0.2, 0.25) is 0 Å².